The van der Waals surface area contributed by atoms with Gasteiger partial charge < -0.3 is 4.74 Å². The zero-order valence-corrected chi connectivity index (χ0v) is 9.53. The van der Waals surface area contributed by atoms with E-state index >= 15 is 0 Å². The van der Waals surface area contributed by atoms with Gasteiger partial charge in [0.15, 0.2) is 5.38 Å². The van der Waals surface area contributed by atoms with Crippen LogP contribution >= 0.6 is 34.8 Å². The third-order valence-corrected chi connectivity index (χ3v) is 2.81. The van der Waals surface area contributed by atoms with Gasteiger partial charge in [-0.2, -0.15) is 0 Å². The van der Waals surface area contributed by atoms with E-state index in [9.17, 15) is 4.79 Å². The van der Waals surface area contributed by atoms with Gasteiger partial charge in [0.2, 0.25) is 0 Å². The Morgan fingerprint density at radius 3 is 2.50 bits per heavy atom. The number of methoxy groups -OCH3 is 1. The number of ether oxygens (including phenoxy) is 1. The van der Waals surface area contributed by atoms with Crippen LogP contribution in [0.25, 0.3) is 0 Å². The van der Waals surface area contributed by atoms with Crippen molar-refractivity contribution in [2.24, 2.45) is 0 Å². The number of rotatable bonds is 2. The van der Waals surface area contributed by atoms with E-state index in [1.807, 2.05) is 0 Å². The average molecular weight is 254 g/mol. The van der Waals surface area contributed by atoms with Crippen LogP contribution in [0.15, 0.2) is 18.2 Å². The third kappa shape index (κ3) is 2.53. The second-order valence-electron chi connectivity index (χ2n) is 2.56. The Morgan fingerprint density at radius 2 is 2.00 bits per heavy atom. The van der Waals surface area contributed by atoms with Gasteiger partial charge in [-0.25, -0.2) is 0 Å². The first-order chi connectivity index (χ1) is 6.56. The fraction of sp³-hybridized carbons (Fsp3) is 0.222. The van der Waals surface area contributed by atoms with Crippen molar-refractivity contribution in [3.63, 3.8) is 0 Å². The first-order valence-corrected chi connectivity index (χ1v) is 4.92. The number of hydrogen-bond acceptors (Lipinski definition) is 2. The smallest absolute Gasteiger partial charge is 0.328 e. The van der Waals surface area contributed by atoms with Crippen LogP contribution in [0.3, 0.4) is 0 Å². The van der Waals surface area contributed by atoms with Crippen molar-refractivity contribution in [1.82, 2.24) is 0 Å². The summed E-state index contributed by atoms with van der Waals surface area (Å²) in [5.41, 5.74) is 0.563. The molecule has 0 aliphatic heterocycles. The SMILES string of the molecule is COC(=O)[C@@H](Cl)c1ccc(Cl)c(Cl)c1. The molecule has 0 spiro atoms. The number of benzene rings is 1. The fourth-order valence-electron chi connectivity index (χ4n) is 0.910. The molecule has 1 aromatic carbocycles. The van der Waals surface area contributed by atoms with Gasteiger partial charge in [-0.3, -0.25) is 4.79 Å². The lowest BCUT2D eigenvalue weighted by molar-refractivity contribution is -0.140. The van der Waals surface area contributed by atoms with Crippen molar-refractivity contribution in [3.8, 4) is 0 Å². The molecule has 0 N–H and O–H groups in total. The summed E-state index contributed by atoms with van der Waals surface area (Å²) < 4.78 is 4.49. The number of carbonyl (C=O) groups excluding carboxylic acids is 1. The maximum absolute atomic E-state index is 11.1. The standard InChI is InChI=1S/C9H7Cl3O2/c1-14-9(13)8(12)5-2-3-6(10)7(11)4-5/h2-4,8H,1H3/t8-/m0/s1. The lowest BCUT2D eigenvalue weighted by Crippen LogP contribution is -2.08. The maximum Gasteiger partial charge on any atom is 0.328 e. The summed E-state index contributed by atoms with van der Waals surface area (Å²) in [4.78, 5) is 11.1. The van der Waals surface area contributed by atoms with E-state index in [0.29, 0.717) is 15.6 Å². The monoisotopic (exact) mass is 252 g/mol. The molecule has 0 radical (unpaired) electrons. The van der Waals surface area contributed by atoms with Crippen LogP contribution in [0.5, 0.6) is 0 Å². The molecule has 0 unspecified atom stereocenters. The van der Waals surface area contributed by atoms with E-state index in [-0.39, 0.29) is 0 Å². The van der Waals surface area contributed by atoms with E-state index in [4.69, 9.17) is 34.8 Å². The average Bonchev–Trinajstić information content (AvgIpc) is 2.20. The van der Waals surface area contributed by atoms with Gasteiger partial charge in [-0.1, -0.05) is 29.3 Å². The molecule has 0 aliphatic carbocycles. The summed E-state index contributed by atoms with van der Waals surface area (Å²) in [5, 5.41) is -0.0716. The molecular formula is C9H7Cl3O2. The lowest BCUT2D eigenvalue weighted by atomic mass is 10.1. The zero-order chi connectivity index (χ0) is 10.7. The van der Waals surface area contributed by atoms with Crippen molar-refractivity contribution in [2.75, 3.05) is 7.11 Å². The van der Waals surface area contributed by atoms with E-state index in [1.54, 1.807) is 18.2 Å². The fourth-order valence-corrected chi connectivity index (χ4v) is 1.44. The van der Waals surface area contributed by atoms with Gasteiger partial charge in [0.05, 0.1) is 17.2 Å². The summed E-state index contributed by atoms with van der Waals surface area (Å²) in [6, 6.07) is 4.75. The van der Waals surface area contributed by atoms with Crippen LogP contribution in [0.4, 0.5) is 0 Å². The Balaban J connectivity index is 2.96. The van der Waals surface area contributed by atoms with Crippen LogP contribution in [0, 0.1) is 0 Å². The van der Waals surface area contributed by atoms with Crippen molar-refractivity contribution in [1.29, 1.82) is 0 Å². The van der Waals surface area contributed by atoms with Crippen LogP contribution in [0.1, 0.15) is 10.9 Å². The van der Waals surface area contributed by atoms with Crippen molar-refractivity contribution in [2.45, 2.75) is 5.38 Å². The maximum atomic E-state index is 11.1. The second kappa shape index (κ2) is 4.87. The number of alkyl halides is 1. The van der Waals surface area contributed by atoms with E-state index in [2.05, 4.69) is 4.74 Å². The summed E-state index contributed by atoms with van der Waals surface area (Å²) >= 11 is 17.3. The first-order valence-electron chi connectivity index (χ1n) is 3.73. The molecule has 5 heteroatoms. The predicted octanol–water partition coefficient (Wildman–Crippen LogP) is 3.45. The molecule has 0 saturated heterocycles. The topological polar surface area (TPSA) is 26.3 Å². The van der Waals surface area contributed by atoms with Gasteiger partial charge >= 0.3 is 5.97 Å². The Morgan fingerprint density at radius 1 is 1.36 bits per heavy atom. The highest BCUT2D eigenvalue weighted by Crippen LogP contribution is 2.28. The van der Waals surface area contributed by atoms with E-state index < -0.39 is 11.3 Å². The summed E-state index contributed by atoms with van der Waals surface area (Å²) in [7, 11) is 1.27. The van der Waals surface area contributed by atoms with Crippen LogP contribution in [0.2, 0.25) is 10.0 Å². The minimum Gasteiger partial charge on any atom is -0.468 e. The molecule has 0 aliphatic rings. The number of carbonyl (C=O) groups is 1. The van der Waals surface area contributed by atoms with Crippen molar-refractivity contribution >= 4 is 40.8 Å². The molecule has 0 heterocycles. The van der Waals surface area contributed by atoms with E-state index in [1.165, 1.54) is 7.11 Å². The molecule has 76 valence electrons. The molecule has 2 nitrogen and oxygen atoms in total. The van der Waals surface area contributed by atoms with E-state index in [0.717, 1.165) is 0 Å². The summed E-state index contributed by atoms with van der Waals surface area (Å²) in [5.74, 6) is -0.523. The van der Waals surface area contributed by atoms with Gasteiger partial charge in [0.25, 0.3) is 0 Å². The number of esters is 1. The molecule has 0 amide bonds. The minimum absolute atomic E-state index is 0.360. The van der Waals surface area contributed by atoms with Crippen LogP contribution in [-0.4, -0.2) is 13.1 Å². The molecule has 0 saturated carbocycles. The van der Waals surface area contributed by atoms with Gasteiger partial charge in [0, 0.05) is 0 Å². The van der Waals surface area contributed by atoms with Gasteiger partial charge in [0.1, 0.15) is 0 Å². The largest absolute Gasteiger partial charge is 0.468 e. The van der Waals surface area contributed by atoms with Crippen molar-refractivity contribution < 1.29 is 9.53 Å². The Kier molecular flexibility index (Phi) is 4.05. The number of halogens is 3. The molecule has 1 atom stereocenters. The summed E-state index contributed by atoms with van der Waals surface area (Å²) in [6.45, 7) is 0. The van der Waals surface area contributed by atoms with Gasteiger partial charge in [-0.05, 0) is 17.7 Å². The first kappa shape index (κ1) is 11.6. The molecule has 1 rings (SSSR count). The molecule has 0 aromatic heterocycles. The molecule has 0 bridgehead atoms. The van der Waals surface area contributed by atoms with Crippen molar-refractivity contribution in [3.05, 3.63) is 33.8 Å². The second-order valence-corrected chi connectivity index (χ2v) is 3.81. The van der Waals surface area contributed by atoms with Crippen LogP contribution < -0.4 is 0 Å². The molecule has 0 fully saturated rings. The highest BCUT2D eigenvalue weighted by Gasteiger charge is 2.18. The third-order valence-electron chi connectivity index (χ3n) is 1.64. The molecule has 1 aromatic rings. The Hall–Kier alpha value is -0.440. The lowest BCUT2D eigenvalue weighted by Gasteiger charge is -2.07. The Labute approximate surface area is 96.7 Å². The molecule has 14 heavy (non-hydrogen) atoms. The highest BCUT2D eigenvalue weighted by molar-refractivity contribution is 6.42. The number of hydrogen-bond donors (Lipinski definition) is 0. The predicted molar refractivity (Wildman–Crippen MR) is 57.1 cm³/mol. The Bertz CT molecular complexity index is 352. The minimum atomic E-state index is -0.852. The highest BCUT2D eigenvalue weighted by atomic mass is 35.5. The molecular weight excluding hydrogens is 246 g/mol. The normalized spacial score (nSPS) is 12.3. The van der Waals surface area contributed by atoms with Crippen LogP contribution in [-0.2, 0) is 9.53 Å². The van der Waals surface area contributed by atoms with Gasteiger partial charge in [-0.15, -0.1) is 11.6 Å². The summed E-state index contributed by atoms with van der Waals surface area (Å²) in [6.07, 6.45) is 0. The zero-order valence-electron chi connectivity index (χ0n) is 7.26. The quantitative estimate of drug-likeness (QED) is 0.596.